The predicted molar refractivity (Wildman–Crippen MR) is 58.5 cm³/mol. The fraction of sp³-hybridized carbons (Fsp3) is 0.300. The zero-order valence-corrected chi connectivity index (χ0v) is 10.1. The van der Waals surface area contributed by atoms with Gasteiger partial charge < -0.3 is 10.4 Å². The van der Waals surface area contributed by atoms with Gasteiger partial charge in [0.2, 0.25) is 0 Å². The van der Waals surface area contributed by atoms with Crippen LogP contribution in [0, 0.1) is 5.82 Å². The van der Waals surface area contributed by atoms with Crippen LogP contribution in [0.1, 0.15) is 10.4 Å². The van der Waals surface area contributed by atoms with E-state index in [4.69, 9.17) is 5.11 Å². The highest BCUT2D eigenvalue weighted by atomic mass is 79.9. The molecule has 0 aliphatic heterocycles. The van der Waals surface area contributed by atoms with E-state index in [0.717, 1.165) is 6.07 Å². The first-order valence-corrected chi connectivity index (χ1v) is 5.37. The van der Waals surface area contributed by atoms with Gasteiger partial charge in [-0.2, -0.15) is 0 Å². The number of amides is 1. The van der Waals surface area contributed by atoms with Crippen LogP contribution in [0.4, 0.5) is 13.2 Å². The fourth-order valence-electron chi connectivity index (χ4n) is 1.03. The number of hydrogen-bond acceptors (Lipinski definition) is 2. The minimum Gasteiger partial charge on any atom is -0.390 e. The van der Waals surface area contributed by atoms with E-state index in [0.29, 0.717) is 4.47 Å². The van der Waals surface area contributed by atoms with Crippen LogP contribution < -0.4 is 5.32 Å². The van der Waals surface area contributed by atoms with Crippen molar-refractivity contribution in [3.05, 3.63) is 34.1 Å². The Bertz CT molecular complexity index is 426. The second-order valence-corrected chi connectivity index (χ2v) is 4.24. The van der Waals surface area contributed by atoms with E-state index < -0.39 is 30.8 Å². The number of aliphatic hydroxyl groups excluding tert-OH is 1. The van der Waals surface area contributed by atoms with Gasteiger partial charge in [0.15, 0.2) is 0 Å². The maximum Gasteiger partial charge on any atom is 0.287 e. The SMILES string of the molecule is O=C(NCC(F)(F)CO)c1ccc(Br)cc1F. The Morgan fingerprint density at radius 2 is 2.12 bits per heavy atom. The normalized spacial score (nSPS) is 11.4. The molecule has 0 radical (unpaired) electrons. The number of benzene rings is 1. The minimum atomic E-state index is -3.42. The Labute approximate surface area is 104 Å². The van der Waals surface area contributed by atoms with E-state index in [2.05, 4.69) is 15.9 Å². The molecule has 94 valence electrons. The summed E-state index contributed by atoms with van der Waals surface area (Å²) in [7, 11) is 0. The van der Waals surface area contributed by atoms with Crippen molar-refractivity contribution in [2.75, 3.05) is 13.2 Å². The molecule has 0 heterocycles. The van der Waals surface area contributed by atoms with Crippen LogP contribution in [-0.2, 0) is 0 Å². The van der Waals surface area contributed by atoms with Crippen molar-refractivity contribution in [3.8, 4) is 0 Å². The molecule has 0 spiro atoms. The van der Waals surface area contributed by atoms with Crippen molar-refractivity contribution in [2.24, 2.45) is 0 Å². The molecule has 0 atom stereocenters. The summed E-state index contributed by atoms with van der Waals surface area (Å²) in [5, 5.41) is 10.1. The summed E-state index contributed by atoms with van der Waals surface area (Å²) >= 11 is 3.00. The summed E-state index contributed by atoms with van der Waals surface area (Å²) < 4.78 is 39.0. The lowest BCUT2D eigenvalue weighted by molar-refractivity contribution is -0.0462. The molecule has 17 heavy (non-hydrogen) atoms. The molecule has 0 aliphatic carbocycles. The quantitative estimate of drug-likeness (QED) is 0.893. The standard InChI is InChI=1S/C10H9BrF3NO2/c11-6-1-2-7(8(12)3-6)9(17)15-4-10(13,14)5-16/h1-3,16H,4-5H2,(H,15,17). The molecule has 1 amide bonds. The van der Waals surface area contributed by atoms with Crippen LogP contribution in [-0.4, -0.2) is 30.1 Å². The molecule has 1 aromatic carbocycles. The highest BCUT2D eigenvalue weighted by Crippen LogP contribution is 2.16. The van der Waals surface area contributed by atoms with Gasteiger partial charge in [0, 0.05) is 4.47 Å². The van der Waals surface area contributed by atoms with E-state index in [1.54, 1.807) is 0 Å². The van der Waals surface area contributed by atoms with Crippen molar-refractivity contribution in [3.63, 3.8) is 0 Å². The van der Waals surface area contributed by atoms with Gasteiger partial charge in [-0.15, -0.1) is 0 Å². The maximum atomic E-state index is 13.3. The average Bonchev–Trinajstić information content (AvgIpc) is 2.26. The minimum absolute atomic E-state index is 0.332. The van der Waals surface area contributed by atoms with Crippen molar-refractivity contribution in [1.82, 2.24) is 5.32 Å². The molecule has 1 aromatic rings. The van der Waals surface area contributed by atoms with Crippen molar-refractivity contribution < 1.29 is 23.1 Å². The van der Waals surface area contributed by atoms with Crippen LogP contribution in [0.3, 0.4) is 0 Å². The van der Waals surface area contributed by atoms with Gasteiger partial charge in [-0.05, 0) is 18.2 Å². The zero-order chi connectivity index (χ0) is 13.1. The van der Waals surface area contributed by atoms with Gasteiger partial charge >= 0.3 is 0 Å². The Morgan fingerprint density at radius 1 is 1.47 bits per heavy atom. The second kappa shape index (κ2) is 5.50. The molecule has 1 rings (SSSR count). The van der Waals surface area contributed by atoms with Crippen molar-refractivity contribution in [2.45, 2.75) is 5.92 Å². The van der Waals surface area contributed by atoms with E-state index in [9.17, 15) is 18.0 Å². The maximum absolute atomic E-state index is 13.3. The molecule has 0 unspecified atom stereocenters. The van der Waals surface area contributed by atoms with Crippen LogP contribution in [0.2, 0.25) is 0 Å². The lowest BCUT2D eigenvalue weighted by Crippen LogP contribution is -2.39. The van der Waals surface area contributed by atoms with E-state index in [1.807, 2.05) is 5.32 Å². The summed E-state index contributed by atoms with van der Waals surface area (Å²) in [4.78, 5) is 11.4. The molecule has 0 saturated carbocycles. The molecule has 0 aromatic heterocycles. The Hall–Kier alpha value is -1.08. The smallest absolute Gasteiger partial charge is 0.287 e. The van der Waals surface area contributed by atoms with Gasteiger partial charge in [-0.1, -0.05) is 15.9 Å². The van der Waals surface area contributed by atoms with E-state index in [1.165, 1.54) is 12.1 Å². The molecular weight excluding hydrogens is 303 g/mol. The van der Waals surface area contributed by atoms with Crippen LogP contribution in [0.25, 0.3) is 0 Å². The number of hydrogen-bond donors (Lipinski definition) is 2. The fourth-order valence-corrected chi connectivity index (χ4v) is 1.37. The summed E-state index contributed by atoms with van der Waals surface area (Å²) in [5.74, 6) is -5.19. The first-order chi connectivity index (χ1) is 7.85. The second-order valence-electron chi connectivity index (χ2n) is 3.32. The van der Waals surface area contributed by atoms with Crippen molar-refractivity contribution >= 4 is 21.8 Å². The molecule has 2 N–H and O–H groups in total. The zero-order valence-electron chi connectivity index (χ0n) is 8.51. The number of halogens is 4. The third-order valence-corrected chi connectivity index (χ3v) is 2.41. The van der Waals surface area contributed by atoms with Crippen LogP contribution in [0.5, 0.6) is 0 Å². The lowest BCUT2D eigenvalue weighted by Gasteiger charge is -2.14. The van der Waals surface area contributed by atoms with Crippen LogP contribution >= 0.6 is 15.9 Å². The predicted octanol–water partition coefficient (Wildman–Crippen LogP) is 1.95. The topological polar surface area (TPSA) is 49.3 Å². The lowest BCUT2D eigenvalue weighted by atomic mass is 10.2. The third-order valence-electron chi connectivity index (χ3n) is 1.91. The third kappa shape index (κ3) is 4.01. The largest absolute Gasteiger partial charge is 0.390 e. The number of aliphatic hydroxyl groups is 1. The highest BCUT2D eigenvalue weighted by molar-refractivity contribution is 9.10. The Morgan fingerprint density at radius 3 is 2.65 bits per heavy atom. The van der Waals surface area contributed by atoms with Gasteiger partial charge in [0.25, 0.3) is 11.8 Å². The number of nitrogens with one attached hydrogen (secondary N) is 1. The summed E-state index contributed by atoms with van der Waals surface area (Å²) in [6.45, 7) is -2.42. The number of carbonyl (C=O) groups is 1. The van der Waals surface area contributed by atoms with E-state index >= 15 is 0 Å². The molecular formula is C10H9BrF3NO2. The first-order valence-electron chi connectivity index (χ1n) is 4.57. The van der Waals surface area contributed by atoms with E-state index in [-0.39, 0.29) is 5.56 Å². The van der Waals surface area contributed by atoms with Gasteiger partial charge in [-0.3, -0.25) is 4.79 Å². The first kappa shape index (κ1) is 14.0. The summed E-state index contributed by atoms with van der Waals surface area (Å²) in [6, 6.07) is 3.65. The van der Waals surface area contributed by atoms with Gasteiger partial charge in [0.1, 0.15) is 12.4 Å². The molecule has 0 aliphatic rings. The van der Waals surface area contributed by atoms with Crippen LogP contribution in [0.15, 0.2) is 22.7 Å². The Kier molecular flexibility index (Phi) is 4.53. The highest BCUT2D eigenvalue weighted by Gasteiger charge is 2.28. The average molecular weight is 312 g/mol. The monoisotopic (exact) mass is 311 g/mol. The summed E-state index contributed by atoms with van der Waals surface area (Å²) in [5.41, 5.74) is -0.332. The summed E-state index contributed by atoms with van der Waals surface area (Å²) in [6.07, 6.45) is 0. The molecule has 7 heteroatoms. The molecule has 0 bridgehead atoms. The number of alkyl halides is 2. The number of rotatable bonds is 4. The number of carbonyl (C=O) groups excluding carboxylic acids is 1. The van der Waals surface area contributed by atoms with Crippen molar-refractivity contribution in [1.29, 1.82) is 0 Å². The molecule has 3 nitrogen and oxygen atoms in total. The van der Waals surface area contributed by atoms with Gasteiger partial charge in [-0.25, -0.2) is 13.2 Å². The van der Waals surface area contributed by atoms with Gasteiger partial charge in [0.05, 0.1) is 12.1 Å². The molecule has 0 fully saturated rings. The Balaban J connectivity index is 2.71. The molecule has 0 saturated heterocycles.